The predicted molar refractivity (Wildman–Crippen MR) is 157 cm³/mol. The van der Waals surface area contributed by atoms with E-state index in [0.717, 1.165) is 12.8 Å². The van der Waals surface area contributed by atoms with Crippen molar-refractivity contribution in [3.05, 3.63) is 96.1 Å². The fourth-order valence-corrected chi connectivity index (χ4v) is 5.29. The SMILES string of the molecule is CCOC(=O)c1cccc(-c2cnc(C(CCc3ccc(-c4ccccc4)cc3)O[Si](C)(C)C(C)(C)C)o2)n1. The molecular formula is C32H38N2O4Si. The lowest BCUT2D eigenvalue weighted by molar-refractivity contribution is 0.0519. The maximum atomic E-state index is 12.2. The minimum atomic E-state index is -2.12. The van der Waals surface area contributed by atoms with Crippen molar-refractivity contribution >= 4 is 14.3 Å². The Morgan fingerprint density at radius 3 is 2.31 bits per heavy atom. The summed E-state index contributed by atoms with van der Waals surface area (Å²) >= 11 is 0. The molecule has 7 heteroatoms. The summed E-state index contributed by atoms with van der Waals surface area (Å²) in [6, 6.07) is 24.3. The fraction of sp³-hybridized carbons (Fsp3) is 0.344. The van der Waals surface area contributed by atoms with E-state index in [0.29, 0.717) is 24.0 Å². The molecule has 0 fully saturated rings. The summed E-state index contributed by atoms with van der Waals surface area (Å²) in [5.74, 6) is 0.558. The highest BCUT2D eigenvalue weighted by atomic mass is 28.4. The average Bonchev–Trinajstić information content (AvgIpc) is 3.42. The second-order valence-electron chi connectivity index (χ2n) is 11.2. The Kier molecular flexibility index (Phi) is 8.82. The Bertz CT molecular complexity index is 1380. The summed E-state index contributed by atoms with van der Waals surface area (Å²) in [6.07, 6.45) is 2.90. The number of rotatable bonds is 10. The van der Waals surface area contributed by atoms with Crippen molar-refractivity contribution in [3.8, 4) is 22.6 Å². The van der Waals surface area contributed by atoms with E-state index in [1.165, 1.54) is 16.7 Å². The monoisotopic (exact) mass is 542 g/mol. The maximum Gasteiger partial charge on any atom is 0.356 e. The van der Waals surface area contributed by atoms with Gasteiger partial charge in [0, 0.05) is 0 Å². The van der Waals surface area contributed by atoms with Gasteiger partial charge in [-0.25, -0.2) is 14.8 Å². The number of carbonyl (C=O) groups is 1. The number of carbonyl (C=O) groups excluding carboxylic acids is 1. The van der Waals surface area contributed by atoms with Crippen LogP contribution in [0.5, 0.6) is 0 Å². The lowest BCUT2D eigenvalue weighted by Crippen LogP contribution is -2.42. The van der Waals surface area contributed by atoms with Gasteiger partial charge >= 0.3 is 5.97 Å². The van der Waals surface area contributed by atoms with Crippen LogP contribution >= 0.6 is 0 Å². The number of pyridine rings is 1. The molecule has 4 rings (SSSR count). The van der Waals surface area contributed by atoms with Crippen molar-refractivity contribution in [2.24, 2.45) is 0 Å². The van der Waals surface area contributed by atoms with E-state index in [2.05, 4.69) is 92.4 Å². The predicted octanol–water partition coefficient (Wildman–Crippen LogP) is 8.28. The van der Waals surface area contributed by atoms with Gasteiger partial charge in [0.25, 0.3) is 0 Å². The Balaban J connectivity index is 1.56. The zero-order valence-corrected chi connectivity index (χ0v) is 24.7. The van der Waals surface area contributed by atoms with E-state index < -0.39 is 14.3 Å². The molecule has 204 valence electrons. The first-order valence-corrected chi connectivity index (χ1v) is 16.4. The van der Waals surface area contributed by atoms with Gasteiger partial charge in [-0.1, -0.05) is 81.4 Å². The van der Waals surface area contributed by atoms with E-state index in [1.807, 2.05) is 6.07 Å². The number of hydrogen-bond donors (Lipinski definition) is 0. The Hall–Kier alpha value is -3.55. The highest BCUT2D eigenvalue weighted by Crippen LogP contribution is 2.41. The third-order valence-electron chi connectivity index (χ3n) is 7.28. The summed E-state index contributed by atoms with van der Waals surface area (Å²) in [5.41, 5.74) is 4.40. The second kappa shape index (κ2) is 12.1. The molecule has 0 aliphatic rings. The van der Waals surface area contributed by atoms with Gasteiger partial charge in [-0.2, -0.15) is 0 Å². The highest BCUT2D eigenvalue weighted by Gasteiger charge is 2.40. The first kappa shape index (κ1) is 28.5. The average molecular weight is 543 g/mol. The van der Waals surface area contributed by atoms with E-state index >= 15 is 0 Å². The number of ether oxygens (including phenoxy) is 1. The quantitative estimate of drug-likeness (QED) is 0.148. The number of nitrogens with zero attached hydrogens (tertiary/aromatic N) is 2. The molecule has 0 radical (unpaired) electrons. The molecule has 39 heavy (non-hydrogen) atoms. The Morgan fingerprint density at radius 1 is 0.949 bits per heavy atom. The Labute approximate surface area is 232 Å². The van der Waals surface area contributed by atoms with Crippen LogP contribution in [0.4, 0.5) is 0 Å². The lowest BCUT2D eigenvalue weighted by Gasteiger charge is -2.38. The maximum absolute atomic E-state index is 12.2. The first-order chi connectivity index (χ1) is 18.6. The molecule has 0 bridgehead atoms. The van der Waals surface area contributed by atoms with Crippen molar-refractivity contribution in [2.45, 2.75) is 64.8 Å². The van der Waals surface area contributed by atoms with E-state index in [1.54, 1.807) is 31.3 Å². The number of oxazole rings is 1. The summed E-state index contributed by atoms with van der Waals surface area (Å²) in [6.45, 7) is 13.2. The van der Waals surface area contributed by atoms with Crippen LogP contribution in [-0.2, 0) is 15.6 Å². The third-order valence-corrected chi connectivity index (χ3v) is 11.8. The number of benzene rings is 2. The van der Waals surface area contributed by atoms with Gasteiger partial charge in [0.2, 0.25) is 5.89 Å². The molecule has 0 saturated carbocycles. The zero-order valence-electron chi connectivity index (χ0n) is 23.7. The number of hydrogen-bond acceptors (Lipinski definition) is 6. The van der Waals surface area contributed by atoms with Crippen LogP contribution in [0, 0.1) is 0 Å². The molecule has 2 aromatic heterocycles. The third kappa shape index (κ3) is 7.10. The van der Waals surface area contributed by atoms with Crippen LogP contribution < -0.4 is 0 Å². The molecule has 0 saturated heterocycles. The van der Waals surface area contributed by atoms with Crippen LogP contribution in [-0.4, -0.2) is 30.9 Å². The summed E-state index contributed by atoms with van der Waals surface area (Å²) in [7, 11) is -2.12. The van der Waals surface area contributed by atoms with Crippen LogP contribution in [0.1, 0.15) is 62.2 Å². The standard InChI is InChI=1S/C32H38N2O4Si/c1-7-36-31(35)27-15-11-14-26(34-27)29-22-33-30(37-29)28(38-39(5,6)32(2,3)4)21-18-23-16-19-25(20-17-23)24-12-9-8-10-13-24/h8-17,19-20,22,28H,7,18,21H2,1-6H3. The Morgan fingerprint density at radius 2 is 1.64 bits per heavy atom. The molecule has 0 spiro atoms. The molecular weight excluding hydrogens is 504 g/mol. The van der Waals surface area contributed by atoms with Gasteiger partial charge in [-0.05, 0) is 66.7 Å². The van der Waals surface area contributed by atoms with Crippen LogP contribution in [0.2, 0.25) is 18.1 Å². The smallest absolute Gasteiger partial charge is 0.356 e. The van der Waals surface area contributed by atoms with Crippen molar-refractivity contribution in [1.82, 2.24) is 9.97 Å². The normalized spacial score (nSPS) is 12.8. The fourth-order valence-electron chi connectivity index (χ4n) is 4.00. The molecule has 2 aromatic carbocycles. The molecule has 1 unspecified atom stereocenters. The van der Waals surface area contributed by atoms with Gasteiger partial charge in [0.1, 0.15) is 17.5 Å². The number of aromatic nitrogens is 2. The molecule has 0 amide bonds. The van der Waals surface area contributed by atoms with Crippen molar-refractivity contribution < 1.29 is 18.4 Å². The number of esters is 1. The van der Waals surface area contributed by atoms with Crippen molar-refractivity contribution in [1.29, 1.82) is 0 Å². The molecule has 6 nitrogen and oxygen atoms in total. The van der Waals surface area contributed by atoms with Crippen molar-refractivity contribution in [2.75, 3.05) is 6.61 Å². The molecule has 0 aliphatic heterocycles. The van der Waals surface area contributed by atoms with E-state index in [-0.39, 0.29) is 16.8 Å². The minimum absolute atomic E-state index is 0.0352. The number of aryl methyl sites for hydroxylation is 1. The first-order valence-electron chi connectivity index (χ1n) is 13.5. The summed E-state index contributed by atoms with van der Waals surface area (Å²) in [4.78, 5) is 21.2. The van der Waals surface area contributed by atoms with Gasteiger partial charge in [-0.15, -0.1) is 0 Å². The zero-order chi connectivity index (χ0) is 28.0. The van der Waals surface area contributed by atoms with Crippen LogP contribution in [0.3, 0.4) is 0 Å². The largest absolute Gasteiger partial charge is 0.461 e. The molecule has 4 aromatic rings. The minimum Gasteiger partial charge on any atom is -0.461 e. The molecule has 0 aliphatic carbocycles. The molecule has 2 heterocycles. The summed E-state index contributed by atoms with van der Waals surface area (Å²) in [5, 5.41) is 0.0352. The van der Waals surface area contributed by atoms with Gasteiger partial charge < -0.3 is 13.6 Å². The highest BCUT2D eigenvalue weighted by molar-refractivity contribution is 6.74. The van der Waals surface area contributed by atoms with E-state index in [9.17, 15) is 4.79 Å². The van der Waals surface area contributed by atoms with Crippen molar-refractivity contribution in [3.63, 3.8) is 0 Å². The van der Waals surface area contributed by atoms with Gasteiger partial charge in [0.05, 0.1) is 12.8 Å². The van der Waals surface area contributed by atoms with Gasteiger partial charge in [-0.3, -0.25) is 0 Å². The van der Waals surface area contributed by atoms with Crippen LogP contribution in [0.15, 0.2) is 83.4 Å². The summed E-state index contributed by atoms with van der Waals surface area (Å²) < 4.78 is 18.1. The van der Waals surface area contributed by atoms with E-state index in [4.69, 9.17) is 13.6 Å². The molecule has 1 atom stereocenters. The molecule has 0 N–H and O–H groups in total. The van der Waals surface area contributed by atoms with Crippen LogP contribution in [0.25, 0.3) is 22.6 Å². The topological polar surface area (TPSA) is 74.5 Å². The second-order valence-corrected chi connectivity index (χ2v) is 15.9. The van der Waals surface area contributed by atoms with Gasteiger partial charge in [0.15, 0.2) is 14.1 Å². The lowest BCUT2D eigenvalue weighted by atomic mass is 10.0.